The summed E-state index contributed by atoms with van der Waals surface area (Å²) in [5.74, 6) is 0. The quantitative estimate of drug-likeness (QED) is 0.581. The average molecular weight is 268 g/mol. The molecule has 0 radical (unpaired) electrons. The highest BCUT2D eigenvalue weighted by molar-refractivity contribution is 5.93. The summed E-state index contributed by atoms with van der Waals surface area (Å²) in [7, 11) is 1.87. The summed E-state index contributed by atoms with van der Waals surface area (Å²) < 4.78 is 48.7. The molecule has 3 aromatic rings. The number of hydrogen-bond donors (Lipinski definition) is 0. The summed E-state index contributed by atoms with van der Waals surface area (Å²) in [5, 5.41) is 1.95. The summed E-state index contributed by atoms with van der Waals surface area (Å²) in [6, 6.07) is 12.7. The molecule has 1 heterocycles. The van der Waals surface area contributed by atoms with E-state index in [-0.39, 0.29) is 11.1 Å². The lowest BCUT2D eigenvalue weighted by atomic mass is 9.95. The molecule has 0 saturated carbocycles. The molecule has 3 rings (SSSR count). The summed E-state index contributed by atoms with van der Waals surface area (Å²) in [6.07, 6.45) is 1.90. The zero-order valence-electron chi connectivity index (χ0n) is 17.6. The van der Waals surface area contributed by atoms with Gasteiger partial charge in [0.1, 0.15) is 7.05 Å². The largest absolute Gasteiger partial charge is 0.220 e. The van der Waals surface area contributed by atoms with Crippen LogP contribution in [0.1, 0.15) is 24.9 Å². The van der Waals surface area contributed by atoms with E-state index in [1.165, 1.54) is 6.07 Å². The van der Waals surface area contributed by atoms with Crippen LogP contribution < -0.4 is 4.57 Å². The van der Waals surface area contributed by atoms with Gasteiger partial charge in [-0.2, -0.15) is 0 Å². The van der Waals surface area contributed by atoms with E-state index in [1.807, 2.05) is 48.1 Å². The van der Waals surface area contributed by atoms with Crippen molar-refractivity contribution in [3.05, 3.63) is 65.4 Å². The molecule has 1 heteroatoms. The van der Waals surface area contributed by atoms with Crippen LogP contribution in [0.5, 0.6) is 0 Å². The molecule has 0 N–H and O–H groups in total. The predicted molar refractivity (Wildman–Crippen MR) is 84.8 cm³/mol. The Kier molecular flexibility index (Phi) is 1.80. The topological polar surface area (TPSA) is 3.88 Å². The van der Waals surface area contributed by atoms with Crippen molar-refractivity contribution in [2.75, 3.05) is 0 Å². The molecule has 0 saturated heterocycles. The van der Waals surface area contributed by atoms with Crippen molar-refractivity contribution in [2.45, 2.75) is 20.6 Å². The summed E-state index contributed by atoms with van der Waals surface area (Å²) in [6.45, 7) is -3.03. The summed E-state index contributed by atoms with van der Waals surface area (Å²) >= 11 is 0. The maximum atomic E-state index is 7.83. The molecular formula is C19H20N+. The van der Waals surface area contributed by atoms with Crippen LogP contribution in [0.25, 0.3) is 22.0 Å². The molecule has 0 aliphatic carbocycles. The first-order valence-corrected chi connectivity index (χ1v) is 6.53. The molecule has 0 atom stereocenters. The molecule has 0 bridgehead atoms. The van der Waals surface area contributed by atoms with Crippen LogP contribution in [0.4, 0.5) is 0 Å². The predicted octanol–water partition coefficient (Wildman–Crippen LogP) is 4.26. The molecule has 0 fully saturated rings. The second-order valence-electron chi connectivity index (χ2n) is 5.06. The Labute approximate surface area is 128 Å². The maximum Gasteiger partial charge on any atom is 0.220 e. The lowest BCUT2D eigenvalue weighted by Crippen LogP contribution is -2.30. The Morgan fingerprint density at radius 1 is 1.05 bits per heavy atom. The van der Waals surface area contributed by atoms with Crippen molar-refractivity contribution in [1.29, 1.82) is 0 Å². The SMILES string of the molecule is [2H]C([2H])([2H])c1cc(-c2c3ccccc3cc[n+]2C)c(C)c(C([2H])([2H])[2H])c1. The van der Waals surface area contributed by atoms with E-state index in [2.05, 4.69) is 0 Å². The van der Waals surface area contributed by atoms with Gasteiger partial charge in [-0.3, -0.25) is 0 Å². The molecular weight excluding hydrogens is 242 g/mol. The standard InChI is InChI=1S/C19H20N/c1-13-11-14(2)15(3)18(12-13)19-17-8-6-5-7-16(17)9-10-20(19)4/h5-12H,1-4H3/q+1/i1D3,2D3. The molecule has 20 heavy (non-hydrogen) atoms. The third-order valence-electron chi connectivity index (χ3n) is 3.71. The van der Waals surface area contributed by atoms with E-state index in [4.69, 9.17) is 8.22 Å². The van der Waals surface area contributed by atoms with Crippen molar-refractivity contribution in [3.63, 3.8) is 0 Å². The Hall–Kier alpha value is -2.15. The first-order chi connectivity index (χ1) is 12.0. The molecule has 0 amide bonds. The number of rotatable bonds is 1. The number of pyridine rings is 1. The van der Waals surface area contributed by atoms with Crippen LogP contribution in [-0.2, 0) is 7.05 Å². The van der Waals surface area contributed by atoms with Crippen LogP contribution >= 0.6 is 0 Å². The third kappa shape index (κ3) is 2.00. The monoisotopic (exact) mass is 268 g/mol. The van der Waals surface area contributed by atoms with Crippen LogP contribution in [0.15, 0.2) is 48.7 Å². The van der Waals surface area contributed by atoms with Gasteiger partial charge in [-0.05, 0) is 49.3 Å². The van der Waals surface area contributed by atoms with Gasteiger partial charge in [0.25, 0.3) is 0 Å². The van der Waals surface area contributed by atoms with Gasteiger partial charge in [0.15, 0.2) is 6.20 Å². The Bertz CT molecular complexity index is 986. The molecule has 0 unspecified atom stereocenters. The minimum atomic E-state index is -2.39. The van der Waals surface area contributed by atoms with Gasteiger partial charge in [0, 0.05) is 14.3 Å². The lowest BCUT2D eigenvalue weighted by Gasteiger charge is -2.11. The van der Waals surface area contributed by atoms with E-state index < -0.39 is 13.7 Å². The van der Waals surface area contributed by atoms with Gasteiger partial charge in [-0.25, -0.2) is 4.57 Å². The highest BCUT2D eigenvalue weighted by Crippen LogP contribution is 2.30. The first-order valence-electron chi connectivity index (χ1n) is 9.53. The number of benzene rings is 2. The van der Waals surface area contributed by atoms with E-state index in [9.17, 15) is 0 Å². The molecule has 0 spiro atoms. The van der Waals surface area contributed by atoms with Gasteiger partial charge in [0.2, 0.25) is 5.69 Å². The maximum absolute atomic E-state index is 7.83. The van der Waals surface area contributed by atoms with E-state index in [1.54, 1.807) is 13.0 Å². The molecule has 100 valence electrons. The normalized spacial score (nSPS) is 16.7. The highest BCUT2D eigenvalue weighted by atomic mass is 14.9. The average Bonchev–Trinajstić information content (AvgIpc) is 2.53. The molecule has 1 nitrogen and oxygen atoms in total. The number of fused-ring (bicyclic) bond motifs is 1. The van der Waals surface area contributed by atoms with E-state index >= 15 is 0 Å². The zero-order valence-corrected chi connectivity index (χ0v) is 11.6. The van der Waals surface area contributed by atoms with Crippen molar-refractivity contribution < 1.29 is 12.8 Å². The van der Waals surface area contributed by atoms with Gasteiger partial charge in [-0.15, -0.1) is 0 Å². The van der Waals surface area contributed by atoms with Crippen LogP contribution in [0.2, 0.25) is 0 Å². The van der Waals surface area contributed by atoms with Gasteiger partial charge < -0.3 is 0 Å². The van der Waals surface area contributed by atoms with Crippen LogP contribution in [0, 0.1) is 20.6 Å². The van der Waals surface area contributed by atoms with Crippen molar-refractivity contribution in [3.8, 4) is 11.3 Å². The fraction of sp³-hybridized carbons (Fsp3) is 0.211. The molecule has 2 aromatic carbocycles. The number of aromatic nitrogens is 1. The molecule has 1 aromatic heterocycles. The Morgan fingerprint density at radius 2 is 1.90 bits per heavy atom. The highest BCUT2D eigenvalue weighted by Gasteiger charge is 2.17. The number of aryl methyl sites for hydroxylation is 3. The van der Waals surface area contributed by atoms with Crippen molar-refractivity contribution in [1.82, 2.24) is 0 Å². The van der Waals surface area contributed by atoms with Gasteiger partial charge >= 0.3 is 0 Å². The van der Waals surface area contributed by atoms with E-state index in [0.717, 1.165) is 16.5 Å². The minimum Gasteiger partial charge on any atom is -0.200 e. The zero-order chi connectivity index (χ0) is 19.3. The second-order valence-corrected chi connectivity index (χ2v) is 5.06. The molecule has 0 aliphatic heterocycles. The second kappa shape index (κ2) is 4.75. The lowest BCUT2D eigenvalue weighted by molar-refractivity contribution is -0.659. The van der Waals surface area contributed by atoms with Gasteiger partial charge in [-0.1, -0.05) is 29.8 Å². The number of nitrogens with zero attached hydrogens (tertiary/aromatic N) is 1. The molecule has 0 aliphatic rings. The smallest absolute Gasteiger partial charge is 0.200 e. The Balaban J connectivity index is 2.45. The summed E-state index contributed by atoms with van der Waals surface area (Å²) in [5.41, 5.74) is 2.12. The summed E-state index contributed by atoms with van der Waals surface area (Å²) in [4.78, 5) is 0. The number of hydrogen-bond acceptors (Lipinski definition) is 0. The van der Waals surface area contributed by atoms with Crippen molar-refractivity contribution in [2.24, 2.45) is 7.05 Å². The third-order valence-corrected chi connectivity index (χ3v) is 3.71. The minimum absolute atomic E-state index is 0.0390. The fourth-order valence-corrected chi connectivity index (χ4v) is 2.61. The Morgan fingerprint density at radius 3 is 2.70 bits per heavy atom. The van der Waals surface area contributed by atoms with Gasteiger partial charge in [0.05, 0.1) is 10.9 Å². The van der Waals surface area contributed by atoms with Crippen LogP contribution in [0.3, 0.4) is 0 Å². The fourth-order valence-electron chi connectivity index (χ4n) is 2.61. The van der Waals surface area contributed by atoms with E-state index in [0.29, 0.717) is 11.1 Å². The van der Waals surface area contributed by atoms with Crippen LogP contribution in [-0.4, -0.2) is 0 Å². The van der Waals surface area contributed by atoms with Crippen molar-refractivity contribution >= 4 is 10.8 Å². The first kappa shape index (κ1) is 7.58.